The van der Waals surface area contributed by atoms with Crippen molar-refractivity contribution in [2.45, 2.75) is 66.6 Å². The van der Waals surface area contributed by atoms with Gasteiger partial charge in [0.2, 0.25) is 5.56 Å². The van der Waals surface area contributed by atoms with Crippen molar-refractivity contribution >= 4 is 27.8 Å². The van der Waals surface area contributed by atoms with Crippen molar-refractivity contribution in [1.82, 2.24) is 9.97 Å². The first-order chi connectivity index (χ1) is 18.3. The number of nitrogens with zero attached hydrogens (tertiary/aromatic N) is 1. The molecule has 2 aromatic heterocycles. The Morgan fingerprint density at radius 2 is 1.87 bits per heavy atom. The Hall–Kier alpha value is -3.71. The highest BCUT2D eigenvalue weighted by atomic mass is 16.6. The Morgan fingerprint density at radius 3 is 2.59 bits per heavy atom. The van der Waals surface area contributed by atoms with Crippen molar-refractivity contribution in [1.29, 1.82) is 0 Å². The third kappa shape index (κ3) is 5.28. The van der Waals surface area contributed by atoms with E-state index in [2.05, 4.69) is 4.98 Å². The van der Waals surface area contributed by atoms with E-state index in [1.165, 1.54) is 11.6 Å². The Bertz CT molecular complexity index is 1630. The van der Waals surface area contributed by atoms with Crippen molar-refractivity contribution in [2.24, 2.45) is 5.41 Å². The molecule has 0 unspecified atom stereocenters. The molecule has 1 aliphatic rings. The molecule has 39 heavy (non-hydrogen) atoms. The quantitative estimate of drug-likeness (QED) is 0.300. The molecule has 7 nitrogen and oxygen atoms in total. The van der Waals surface area contributed by atoms with E-state index < -0.39 is 17.1 Å². The second-order valence-electron chi connectivity index (χ2n) is 12.2. The summed E-state index contributed by atoms with van der Waals surface area (Å²) in [5.74, 6) is 0.520. The van der Waals surface area contributed by atoms with Gasteiger partial charge in [-0.1, -0.05) is 0 Å². The van der Waals surface area contributed by atoms with Gasteiger partial charge in [-0.15, -0.1) is 0 Å². The molecule has 2 aromatic carbocycles. The summed E-state index contributed by atoms with van der Waals surface area (Å²) in [6, 6.07) is 11.4. The molecular formula is C32H36N2O5. The number of hydrogen-bond donors (Lipinski definition) is 1. The summed E-state index contributed by atoms with van der Waals surface area (Å²) in [6.45, 7) is 14.1. The van der Waals surface area contributed by atoms with Crippen molar-refractivity contribution < 1.29 is 19.0 Å². The number of aromatic amines is 1. The van der Waals surface area contributed by atoms with Crippen LogP contribution in [0.1, 0.15) is 64.3 Å². The fourth-order valence-corrected chi connectivity index (χ4v) is 5.24. The molecule has 0 amide bonds. The first kappa shape index (κ1) is 26.9. The third-order valence-electron chi connectivity index (χ3n) is 6.91. The maximum Gasteiger partial charge on any atom is 0.311 e. The van der Waals surface area contributed by atoms with Crippen LogP contribution in [0.2, 0.25) is 0 Å². The summed E-state index contributed by atoms with van der Waals surface area (Å²) in [7, 11) is 0. The number of aromatic nitrogens is 2. The molecule has 1 atom stereocenters. The van der Waals surface area contributed by atoms with Crippen LogP contribution >= 0.6 is 0 Å². The van der Waals surface area contributed by atoms with Crippen LogP contribution in [-0.2, 0) is 20.7 Å². The highest BCUT2D eigenvalue weighted by Gasteiger charge is 2.31. The normalized spacial score (nSPS) is 14.3. The second-order valence-corrected chi connectivity index (χ2v) is 12.2. The van der Waals surface area contributed by atoms with Gasteiger partial charge in [0, 0.05) is 40.5 Å². The van der Waals surface area contributed by atoms with Crippen molar-refractivity contribution in [3.63, 3.8) is 0 Å². The maximum absolute atomic E-state index is 12.8. The highest BCUT2D eigenvalue weighted by Crippen LogP contribution is 2.44. The largest absolute Gasteiger partial charge is 0.493 e. The number of esters is 1. The molecule has 0 radical (unpaired) electrons. The number of rotatable bonds is 5. The molecule has 0 saturated carbocycles. The fourth-order valence-electron chi connectivity index (χ4n) is 5.24. The molecule has 1 N–H and O–H groups in total. The fraction of sp³-hybridized carbons (Fsp3) is 0.406. The Balaban J connectivity index is 1.81. The summed E-state index contributed by atoms with van der Waals surface area (Å²) in [4.78, 5) is 32.9. The van der Waals surface area contributed by atoms with Crippen LogP contribution in [-0.4, -0.2) is 34.8 Å². The molecule has 204 valence electrons. The number of ether oxygens (including phenoxy) is 3. The molecule has 5 rings (SSSR count). The van der Waals surface area contributed by atoms with Crippen molar-refractivity contribution in [3.8, 4) is 16.9 Å². The van der Waals surface area contributed by atoms with E-state index in [-0.39, 0.29) is 18.1 Å². The first-order valence-corrected chi connectivity index (χ1v) is 13.4. The van der Waals surface area contributed by atoms with Crippen LogP contribution in [0, 0.1) is 12.3 Å². The van der Waals surface area contributed by atoms with Crippen LogP contribution < -0.4 is 10.3 Å². The van der Waals surface area contributed by atoms with E-state index in [1.807, 2.05) is 85.0 Å². The van der Waals surface area contributed by atoms with Crippen LogP contribution in [0.3, 0.4) is 0 Å². The standard InChI is InChI=1S/C32H36N2O5/c1-18-16-22-20(9-11-25(35)34-22)28(21-8-10-23-27-19(13-15-37-23)12-14-33-29(21)27)26(18)24(39-32(5,6)7)17-38-30(36)31(2,3)4/h8-12,14,16,24H,13,15,17H2,1-7H3,(H,34,35)/t24-/m1/s1. The Labute approximate surface area is 228 Å². The van der Waals surface area contributed by atoms with E-state index >= 15 is 0 Å². The highest BCUT2D eigenvalue weighted by molar-refractivity contribution is 6.07. The van der Waals surface area contributed by atoms with Gasteiger partial charge in [-0.2, -0.15) is 0 Å². The predicted molar refractivity (Wildman–Crippen MR) is 153 cm³/mol. The molecule has 1 aliphatic heterocycles. The number of pyridine rings is 2. The molecule has 7 heteroatoms. The smallest absolute Gasteiger partial charge is 0.311 e. The van der Waals surface area contributed by atoms with Gasteiger partial charge in [0.15, 0.2) is 0 Å². The molecule has 0 bridgehead atoms. The zero-order valence-electron chi connectivity index (χ0n) is 23.7. The SMILES string of the molecule is Cc1cc2[nH]c(=O)ccc2c(-c2ccc3c4c(ccnc24)CCO3)c1[C@@H](COC(=O)C(C)(C)C)OC(C)(C)C. The summed E-state index contributed by atoms with van der Waals surface area (Å²) in [6.07, 6.45) is 2.08. The Morgan fingerprint density at radius 1 is 1.10 bits per heavy atom. The Kier molecular flexibility index (Phi) is 6.75. The van der Waals surface area contributed by atoms with Crippen LogP contribution in [0.15, 0.2) is 47.4 Å². The first-order valence-electron chi connectivity index (χ1n) is 13.4. The second kappa shape index (κ2) is 9.79. The van der Waals surface area contributed by atoms with E-state index in [0.717, 1.165) is 56.2 Å². The van der Waals surface area contributed by atoms with E-state index in [0.29, 0.717) is 6.61 Å². The average Bonchev–Trinajstić information content (AvgIpc) is 2.85. The zero-order chi connectivity index (χ0) is 28.1. The average molecular weight is 529 g/mol. The number of fused-ring (bicyclic) bond motifs is 1. The molecule has 0 aliphatic carbocycles. The molecule has 4 aromatic rings. The van der Waals surface area contributed by atoms with Gasteiger partial charge < -0.3 is 19.2 Å². The van der Waals surface area contributed by atoms with Gasteiger partial charge >= 0.3 is 5.97 Å². The number of hydrogen-bond acceptors (Lipinski definition) is 6. The van der Waals surface area contributed by atoms with Crippen LogP contribution in [0.4, 0.5) is 0 Å². The predicted octanol–water partition coefficient (Wildman–Crippen LogP) is 6.43. The lowest BCUT2D eigenvalue weighted by atomic mass is 9.86. The van der Waals surface area contributed by atoms with E-state index in [4.69, 9.17) is 19.2 Å². The molecular weight excluding hydrogens is 492 g/mol. The van der Waals surface area contributed by atoms with Gasteiger partial charge in [-0.3, -0.25) is 14.6 Å². The summed E-state index contributed by atoms with van der Waals surface area (Å²) in [5.41, 5.74) is 5.00. The lowest BCUT2D eigenvalue weighted by Crippen LogP contribution is -2.30. The number of benzene rings is 2. The topological polar surface area (TPSA) is 90.5 Å². The monoisotopic (exact) mass is 528 g/mol. The number of nitrogens with one attached hydrogen (secondary N) is 1. The minimum atomic E-state index is -0.646. The minimum absolute atomic E-state index is 0.0495. The van der Waals surface area contributed by atoms with Gasteiger partial charge in [-0.25, -0.2) is 0 Å². The third-order valence-corrected chi connectivity index (χ3v) is 6.91. The van der Waals surface area contributed by atoms with Gasteiger partial charge in [-0.05, 0) is 101 Å². The summed E-state index contributed by atoms with van der Waals surface area (Å²) in [5, 5.41) is 1.86. The lowest BCUT2D eigenvalue weighted by Gasteiger charge is -2.31. The van der Waals surface area contributed by atoms with Gasteiger partial charge in [0.05, 0.1) is 23.1 Å². The van der Waals surface area contributed by atoms with Gasteiger partial charge in [0.25, 0.3) is 0 Å². The summed E-state index contributed by atoms with van der Waals surface area (Å²) >= 11 is 0. The number of aryl methyl sites for hydroxylation is 1. The van der Waals surface area contributed by atoms with Crippen LogP contribution in [0.25, 0.3) is 32.9 Å². The van der Waals surface area contributed by atoms with E-state index in [1.54, 1.807) is 0 Å². The molecule has 0 saturated heterocycles. The lowest BCUT2D eigenvalue weighted by molar-refractivity contribution is -0.162. The number of H-pyrrole nitrogens is 1. The van der Waals surface area contributed by atoms with Gasteiger partial charge in [0.1, 0.15) is 18.5 Å². The molecule has 0 spiro atoms. The number of carbonyl (C=O) groups is 1. The summed E-state index contributed by atoms with van der Waals surface area (Å²) < 4.78 is 18.4. The minimum Gasteiger partial charge on any atom is -0.493 e. The molecule has 0 fully saturated rings. The molecule has 3 heterocycles. The number of carbonyl (C=O) groups excluding carboxylic acids is 1. The zero-order valence-corrected chi connectivity index (χ0v) is 23.7. The van der Waals surface area contributed by atoms with Crippen molar-refractivity contribution in [2.75, 3.05) is 13.2 Å². The maximum atomic E-state index is 12.8. The van der Waals surface area contributed by atoms with E-state index in [9.17, 15) is 9.59 Å². The van der Waals surface area contributed by atoms with Crippen LogP contribution in [0.5, 0.6) is 5.75 Å². The van der Waals surface area contributed by atoms with Crippen molar-refractivity contribution in [3.05, 3.63) is 69.6 Å².